The van der Waals surface area contributed by atoms with Crippen LogP contribution in [-0.2, 0) is 6.42 Å². The zero-order chi connectivity index (χ0) is 13.7. The van der Waals surface area contributed by atoms with Crippen molar-refractivity contribution < 1.29 is 0 Å². The van der Waals surface area contributed by atoms with Gasteiger partial charge in [-0.05, 0) is 36.2 Å². The smallest absolute Gasteiger partial charge is 0.0541 e. The fraction of sp³-hybridized carbons (Fsp3) is 0.200. The molecule has 2 N–H and O–H groups in total. The number of rotatable bonds is 5. The highest BCUT2D eigenvalue weighted by Crippen LogP contribution is 2.27. The molecule has 0 fully saturated rings. The molecule has 0 aliphatic heterocycles. The molecule has 1 unspecified atom stereocenters. The van der Waals surface area contributed by atoms with Gasteiger partial charge in [-0.3, -0.25) is 0 Å². The molecule has 2 aromatic carbocycles. The predicted octanol–water partition coefficient (Wildman–Crippen LogP) is 4.76. The third-order valence-electron chi connectivity index (χ3n) is 2.68. The van der Waals surface area contributed by atoms with Crippen LogP contribution in [0.25, 0.3) is 0 Å². The molecule has 1 atom stereocenters. The van der Waals surface area contributed by atoms with Crippen LogP contribution >= 0.6 is 39.3 Å². The van der Waals surface area contributed by atoms with Crippen molar-refractivity contribution >= 4 is 39.3 Å². The number of halogens is 2. The van der Waals surface area contributed by atoms with E-state index >= 15 is 0 Å². The van der Waals surface area contributed by atoms with Gasteiger partial charge in [-0.1, -0.05) is 51.8 Å². The van der Waals surface area contributed by atoms with Gasteiger partial charge in [0.1, 0.15) is 0 Å². The lowest BCUT2D eigenvalue weighted by Gasteiger charge is -2.12. The van der Waals surface area contributed by atoms with Crippen LogP contribution in [0.4, 0.5) is 0 Å². The van der Waals surface area contributed by atoms with E-state index in [1.54, 1.807) is 11.8 Å². The van der Waals surface area contributed by atoms with Gasteiger partial charge >= 0.3 is 0 Å². The molecule has 100 valence electrons. The van der Waals surface area contributed by atoms with Crippen molar-refractivity contribution in [1.82, 2.24) is 0 Å². The lowest BCUT2D eigenvalue weighted by atomic mass is 10.1. The van der Waals surface area contributed by atoms with Crippen LogP contribution in [0.1, 0.15) is 5.56 Å². The molecule has 19 heavy (non-hydrogen) atoms. The Labute approximate surface area is 131 Å². The van der Waals surface area contributed by atoms with Crippen LogP contribution in [0.2, 0.25) is 5.02 Å². The number of thioether (sulfide) groups is 1. The standard InChI is InChI=1S/C15H15BrClNS/c16-12-5-3-4-11(8-12)9-13(18)10-19-15-7-2-1-6-14(15)17/h1-8,13H,9-10,18H2. The lowest BCUT2D eigenvalue weighted by Crippen LogP contribution is -2.25. The minimum Gasteiger partial charge on any atom is -0.327 e. The van der Waals surface area contributed by atoms with E-state index in [2.05, 4.69) is 28.1 Å². The van der Waals surface area contributed by atoms with E-state index in [-0.39, 0.29) is 6.04 Å². The summed E-state index contributed by atoms with van der Waals surface area (Å²) in [4.78, 5) is 1.09. The molecule has 0 amide bonds. The summed E-state index contributed by atoms with van der Waals surface area (Å²) < 4.78 is 1.09. The Bertz CT molecular complexity index is 547. The molecule has 0 saturated heterocycles. The zero-order valence-corrected chi connectivity index (χ0v) is 13.5. The molecular weight excluding hydrogens is 342 g/mol. The van der Waals surface area contributed by atoms with Crippen molar-refractivity contribution in [2.24, 2.45) is 5.73 Å². The Morgan fingerprint density at radius 1 is 1.16 bits per heavy atom. The maximum atomic E-state index is 6.17. The minimum atomic E-state index is 0.121. The molecule has 0 aliphatic carbocycles. The number of benzene rings is 2. The highest BCUT2D eigenvalue weighted by atomic mass is 79.9. The van der Waals surface area contributed by atoms with Gasteiger partial charge in [-0.2, -0.15) is 0 Å². The van der Waals surface area contributed by atoms with Gasteiger partial charge < -0.3 is 5.73 Å². The van der Waals surface area contributed by atoms with Crippen molar-refractivity contribution in [2.45, 2.75) is 17.4 Å². The van der Waals surface area contributed by atoms with Crippen LogP contribution in [-0.4, -0.2) is 11.8 Å². The number of hydrogen-bond acceptors (Lipinski definition) is 2. The Kier molecular flexibility index (Phi) is 5.76. The third-order valence-corrected chi connectivity index (χ3v) is 4.87. The lowest BCUT2D eigenvalue weighted by molar-refractivity contribution is 0.748. The van der Waals surface area contributed by atoms with E-state index < -0.39 is 0 Å². The zero-order valence-electron chi connectivity index (χ0n) is 10.4. The summed E-state index contributed by atoms with van der Waals surface area (Å²) in [7, 11) is 0. The van der Waals surface area contributed by atoms with Crippen LogP contribution in [0.15, 0.2) is 57.9 Å². The van der Waals surface area contributed by atoms with Crippen LogP contribution in [0.3, 0.4) is 0 Å². The Balaban J connectivity index is 1.88. The topological polar surface area (TPSA) is 26.0 Å². The quantitative estimate of drug-likeness (QED) is 0.781. The predicted molar refractivity (Wildman–Crippen MR) is 88.0 cm³/mol. The van der Waals surface area contributed by atoms with Crippen molar-refractivity contribution in [1.29, 1.82) is 0 Å². The Hall–Kier alpha value is -0.480. The molecule has 0 spiro atoms. The number of hydrogen-bond donors (Lipinski definition) is 1. The first-order valence-corrected chi connectivity index (χ1v) is 8.18. The second-order valence-electron chi connectivity index (χ2n) is 4.34. The van der Waals surface area contributed by atoms with Crippen LogP contribution < -0.4 is 5.73 Å². The maximum absolute atomic E-state index is 6.17. The maximum Gasteiger partial charge on any atom is 0.0541 e. The molecule has 2 aromatic rings. The monoisotopic (exact) mass is 355 g/mol. The van der Waals surface area contributed by atoms with Crippen molar-refractivity contribution in [2.75, 3.05) is 5.75 Å². The fourth-order valence-electron chi connectivity index (χ4n) is 1.78. The highest BCUT2D eigenvalue weighted by Gasteiger charge is 2.07. The Morgan fingerprint density at radius 2 is 1.95 bits per heavy atom. The van der Waals surface area contributed by atoms with Gasteiger partial charge in [0.05, 0.1) is 5.02 Å². The fourth-order valence-corrected chi connectivity index (χ4v) is 3.42. The second kappa shape index (κ2) is 7.34. The molecule has 1 nitrogen and oxygen atoms in total. The van der Waals surface area contributed by atoms with Gasteiger partial charge in [0.25, 0.3) is 0 Å². The van der Waals surface area contributed by atoms with E-state index in [1.807, 2.05) is 36.4 Å². The molecule has 0 radical (unpaired) electrons. The van der Waals surface area contributed by atoms with E-state index in [1.165, 1.54) is 5.56 Å². The van der Waals surface area contributed by atoms with E-state index in [4.69, 9.17) is 17.3 Å². The minimum absolute atomic E-state index is 0.121. The summed E-state index contributed by atoms with van der Waals surface area (Å²) in [6, 6.07) is 16.3. The normalized spacial score (nSPS) is 12.4. The third kappa shape index (κ3) is 4.84. The first-order valence-electron chi connectivity index (χ1n) is 6.02. The summed E-state index contributed by atoms with van der Waals surface area (Å²) in [5, 5.41) is 0.794. The molecule has 0 aliphatic rings. The summed E-state index contributed by atoms with van der Waals surface area (Å²) in [5.74, 6) is 0.857. The van der Waals surface area contributed by atoms with Gasteiger partial charge in [-0.15, -0.1) is 11.8 Å². The molecule has 4 heteroatoms. The molecule has 0 heterocycles. The summed E-state index contributed by atoms with van der Waals surface area (Å²) >= 11 is 11.3. The van der Waals surface area contributed by atoms with Crippen LogP contribution in [0, 0.1) is 0 Å². The first kappa shape index (κ1) is 14.9. The largest absolute Gasteiger partial charge is 0.327 e. The summed E-state index contributed by atoms with van der Waals surface area (Å²) in [5.41, 5.74) is 7.43. The molecule has 0 aromatic heterocycles. The number of nitrogens with two attached hydrogens (primary N) is 1. The van der Waals surface area contributed by atoms with Gasteiger partial charge in [0, 0.05) is 21.2 Å². The van der Waals surface area contributed by atoms with Gasteiger partial charge in [0.15, 0.2) is 0 Å². The molecule has 0 saturated carbocycles. The van der Waals surface area contributed by atoms with E-state index in [0.717, 1.165) is 26.6 Å². The van der Waals surface area contributed by atoms with Crippen molar-refractivity contribution in [3.05, 3.63) is 63.6 Å². The Morgan fingerprint density at radius 3 is 2.68 bits per heavy atom. The van der Waals surface area contributed by atoms with Crippen LogP contribution in [0.5, 0.6) is 0 Å². The summed E-state index contributed by atoms with van der Waals surface area (Å²) in [6.45, 7) is 0. The summed E-state index contributed by atoms with van der Waals surface area (Å²) in [6.07, 6.45) is 0.872. The average molecular weight is 357 g/mol. The van der Waals surface area contributed by atoms with Crippen molar-refractivity contribution in [3.63, 3.8) is 0 Å². The second-order valence-corrected chi connectivity index (χ2v) is 6.72. The SMILES string of the molecule is NC(CSc1ccccc1Cl)Cc1cccc(Br)c1. The average Bonchev–Trinajstić information content (AvgIpc) is 2.38. The van der Waals surface area contributed by atoms with Crippen molar-refractivity contribution in [3.8, 4) is 0 Å². The molecular formula is C15H15BrClNS. The molecule has 0 bridgehead atoms. The van der Waals surface area contributed by atoms with E-state index in [0.29, 0.717) is 0 Å². The first-order chi connectivity index (χ1) is 9.15. The van der Waals surface area contributed by atoms with Gasteiger partial charge in [0.2, 0.25) is 0 Å². The highest BCUT2D eigenvalue weighted by molar-refractivity contribution is 9.10. The van der Waals surface area contributed by atoms with Gasteiger partial charge in [-0.25, -0.2) is 0 Å². The van der Waals surface area contributed by atoms with E-state index in [9.17, 15) is 0 Å². The molecule has 2 rings (SSSR count).